The number of hydrogen-bond acceptors (Lipinski definition) is 3. The molecule has 16 heavy (non-hydrogen) atoms. The molecule has 1 aliphatic rings. The molecule has 1 heterocycles. The van der Waals surface area contributed by atoms with E-state index in [4.69, 9.17) is 5.26 Å². The molecule has 1 saturated heterocycles. The van der Waals surface area contributed by atoms with E-state index in [1.165, 1.54) is 12.1 Å². The zero-order valence-electron chi connectivity index (χ0n) is 8.87. The van der Waals surface area contributed by atoms with Crippen LogP contribution in [0, 0.1) is 23.1 Å². The number of benzene rings is 1. The van der Waals surface area contributed by atoms with Gasteiger partial charge in [0.05, 0.1) is 11.6 Å². The molecule has 1 aliphatic heterocycles. The Bertz CT molecular complexity index is 410. The van der Waals surface area contributed by atoms with E-state index in [2.05, 4.69) is 5.32 Å². The van der Waals surface area contributed by atoms with E-state index < -0.39 is 0 Å². The highest BCUT2D eigenvalue weighted by Gasteiger charge is 2.16. The van der Waals surface area contributed by atoms with E-state index in [9.17, 15) is 4.39 Å². The van der Waals surface area contributed by atoms with Gasteiger partial charge in [0.1, 0.15) is 5.82 Å². The Morgan fingerprint density at radius 2 is 2.31 bits per heavy atom. The summed E-state index contributed by atoms with van der Waals surface area (Å²) in [7, 11) is 0. The average Bonchev–Trinajstić information content (AvgIpc) is 2.23. The molecule has 4 heteroatoms. The van der Waals surface area contributed by atoms with E-state index in [1.807, 2.05) is 17.8 Å². The van der Waals surface area contributed by atoms with Crippen molar-refractivity contribution in [3.8, 4) is 6.07 Å². The highest BCUT2D eigenvalue weighted by molar-refractivity contribution is 7.98. The first-order valence-corrected chi connectivity index (χ1v) is 6.42. The summed E-state index contributed by atoms with van der Waals surface area (Å²) in [6.45, 7) is 2.20. The summed E-state index contributed by atoms with van der Waals surface area (Å²) in [5, 5.41) is 12.1. The smallest absolute Gasteiger partial charge is 0.124 e. The van der Waals surface area contributed by atoms with Gasteiger partial charge in [0.2, 0.25) is 0 Å². The van der Waals surface area contributed by atoms with Gasteiger partial charge in [-0.05, 0) is 42.5 Å². The van der Waals surface area contributed by atoms with Crippen LogP contribution in [-0.4, -0.2) is 18.8 Å². The number of rotatable bonds is 4. The van der Waals surface area contributed by atoms with Crippen molar-refractivity contribution >= 4 is 11.8 Å². The van der Waals surface area contributed by atoms with Gasteiger partial charge in [-0.25, -0.2) is 4.39 Å². The number of nitriles is 1. The second kappa shape index (κ2) is 5.33. The van der Waals surface area contributed by atoms with Crippen molar-refractivity contribution in [3.05, 3.63) is 35.1 Å². The summed E-state index contributed by atoms with van der Waals surface area (Å²) in [6, 6.07) is 6.47. The Hall–Kier alpha value is -1.05. The van der Waals surface area contributed by atoms with E-state index in [0.717, 1.165) is 36.1 Å². The van der Waals surface area contributed by atoms with Crippen molar-refractivity contribution in [3.63, 3.8) is 0 Å². The zero-order chi connectivity index (χ0) is 11.4. The average molecular weight is 236 g/mol. The predicted molar refractivity (Wildman–Crippen MR) is 63.6 cm³/mol. The minimum Gasteiger partial charge on any atom is -0.316 e. The molecule has 1 fully saturated rings. The van der Waals surface area contributed by atoms with Gasteiger partial charge < -0.3 is 5.32 Å². The minimum atomic E-state index is -0.339. The maximum atomic E-state index is 12.9. The third kappa shape index (κ3) is 2.75. The lowest BCUT2D eigenvalue weighted by atomic mass is 10.1. The summed E-state index contributed by atoms with van der Waals surface area (Å²) in [6.07, 6.45) is 0. The molecule has 1 N–H and O–H groups in total. The first-order valence-electron chi connectivity index (χ1n) is 5.26. The van der Waals surface area contributed by atoms with Crippen LogP contribution in [0.5, 0.6) is 0 Å². The Balaban J connectivity index is 1.90. The molecular weight excluding hydrogens is 223 g/mol. The van der Waals surface area contributed by atoms with E-state index in [0.29, 0.717) is 5.56 Å². The van der Waals surface area contributed by atoms with Gasteiger partial charge in [0.25, 0.3) is 0 Å². The molecule has 0 amide bonds. The highest BCUT2D eigenvalue weighted by Crippen LogP contribution is 2.20. The minimum absolute atomic E-state index is 0.339. The third-order valence-corrected chi connectivity index (χ3v) is 3.89. The standard InChI is InChI=1S/C12H13FN2S/c13-12-2-1-10(11(3-12)4-14)8-16-7-9-5-15-6-9/h1-3,9,15H,5-8H2. The van der Waals surface area contributed by atoms with Crippen molar-refractivity contribution in [1.29, 1.82) is 5.26 Å². The first-order chi connectivity index (χ1) is 7.79. The summed E-state index contributed by atoms with van der Waals surface area (Å²) >= 11 is 1.81. The van der Waals surface area contributed by atoms with Gasteiger partial charge in [-0.2, -0.15) is 17.0 Å². The molecule has 0 bridgehead atoms. The van der Waals surface area contributed by atoms with Gasteiger partial charge in [-0.1, -0.05) is 6.07 Å². The van der Waals surface area contributed by atoms with Crippen LogP contribution in [0.15, 0.2) is 18.2 Å². The maximum absolute atomic E-state index is 12.9. The van der Waals surface area contributed by atoms with Crippen molar-refractivity contribution in [2.75, 3.05) is 18.8 Å². The third-order valence-electron chi connectivity index (χ3n) is 2.67. The predicted octanol–water partition coefficient (Wildman–Crippen LogP) is 2.15. The van der Waals surface area contributed by atoms with Crippen molar-refractivity contribution in [2.45, 2.75) is 5.75 Å². The number of thioether (sulfide) groups is 1. The summed E-state index contributed by atoms with van der Waals surface area (Å²) in [5.41, 5.74) is 1.39. The Labute approximate surface area is 98.8 Å². The molecule has 0 aliphatic carbocycles. The van der Waals surface area contributed by atoms with Gasteiger partial charge in [-0.15, -0.1) is 0 Å². The van der Waals surface area contributed by atoms with Crippen LogP contribution in [0.2, 0.25) is 0 Å². The molecule has 0 saturated carbocycles. The number of nitrogens with one attached hydrogen (secondary N) is 1. The van der Waals surface area contributed by atoms with Crippen molar-refractivity contribution in [2.24, 2.45) is 5.92 Å². The largest absolute Gasteiger partial charge is 0.316 e. The molecule has 0 unspecified atom stereocenters. The summed E-state index contributed by atoms with van der Waals surface area (Å²) in [5.74, 6) is 2.32. The molecule has 0 radical (unpaired) electrons. The van der Waals surface area contributed by atoms with Gasteiger partial charge in [0, 0.05) is 5.75 Å². The summed E-state index contributed by atoms with van der Waals surface area (Å²) < 4.78 is 12.9. The molecule has 0 atom stereocenters. The van der Waals surface area contributed by atoms with Crippen LogP contribution in [0.4, 0.5) is 4.39 Å². The van der Waals surface area contributed by atoms with Crippen molar-refractivity contribution < 1.29 is 4.39 Å². The van der Waals surface area contributed by atoms with Gasteiger partial charge in [-0.3, -0.25) is 0 Å². The maximum Gasteiger partial charge on any atom is 0.124 e. The molecule has 1 aromatic carbocycles. The number of hydrogen-bond donors (Lipinski definition) is 1. The van der Waals surface area contributed by atoms with E-state index in [-0.39, 0.29) is 5.82 Å². The number of nitrogens with zero attached hydrogens (tertiary/aromatic N) is 1. The van der Waals surface area contributed by atoms with Crippen LogP contribution >= 0.6 is 11.8 Å². The van der Waals surface area contributed by atoms with Crippen LogP contribution < -0.4 is 5.32 Å². The van der Waals surface area contributed by atoms with Gasteiger partial charge >= 0.3 is 0 Å². The Kier molecular flexibility index (Phi) is 3.81. The van der Waals surface area contributed by atoms with Crippen LogP contribution in [0.1, 0.15) is 11.1 Å². The molecule has 2 nitrogen and oxygen atoms in total. The van der Waals surface area contributed by atoms with Crippen LogP contribution in [0.25, 0.3) is 0 Å². The van der Waals surface area contributed by atoms with Gasteiger partial charge in [0.15, 0.2) is 0 Å². The molecule has 2 rings (SSSR count). The fraction of sp³-hybridized carbons (Fsp3) is 0.417. The molecule has 0 spiro atoms. The fourth-order valence-electron chi connectivity index (χ4n) is 1.58. The zero-order valence-corrected chi connectivity index (χ0v) is 9.69. The fourth-order valence-corrected chi connectivity index (χ4v) is 2.74. The second-order valence-corrected chi connectivity index (χ2v) is 4.98. The highest BCUT2D eigenvalue weighted by atomic mass is 32.2. The molecular formula is C12H13FN2S. The van der Waals surface area contributed by atoms with Crippen LogP contribution in [0.3, 0.4) is 0 Å². The van der Waals surface area contributed by atoms with E-state index in [1.54, 1.807) is 6.07 Å². The normalized spacial score (nSPS) is 15.5. The lowest BCUT2D eigenvalue weighted by Crippen LogP contribution is -2.43. The van der Waals surface area contributed by atoms with Crippen LogP contribution in [-0.2, 0) is 5.75 Å². The monoisotopic (exact) mass is 236 g/mol. The van der Waals surface area contributed by atoms with E-state index >= 15 is 0 Å². The first kappa shape index (κ1) is 11.4. The van der Waals surface area contributed by atoms with Crippen molar-refractivity contribution in [1.82, 2.24) is 5.32 Å². The number of halogens is 1. The quantitative estimate of drug-likeness (QED) is 0.870. The lowest BCUT2D eigenvalue weighted by molar-refractivity contribution is 0.385. The summed E-state index contributed by atoms with van der Waals surface area (Å²) in [4.78, 5) is 0. The Morgan fingerprint density at radius 3 is 2.94 bits per heavy atom. The second-order valence-electron chi connectivity index (χ2n) is 3.95. The topological polar surface area (TPSA) is 35.8 Å². The Morgan fingerprint density at radius 1 is 1.50 bits per heavy atom. The SMILES string of the molecule is N#Cc1cc(F)ccc1CSCC1CNC1. The molecule has 0 aromatic heterocycles. The molecule has 1 aromatic rings. The molecule has 84 valence electrons. The lowest BCUT2D eigenvalue weighted by Gasteiger charge is -2.26.